The van der Waals surface area contributed by atoms with Crippen LogP contribution in [0.4, 0.5) is 0 Å². The molecule has 0 unspecified atom stereocenters. The van der Waals surface area contributed by atoms with E-state index >= 15 is 0 Å². The van der Waals surface area contributed by atoms with E-state index in [1.54, 1.807) is 18.2 Å². The van der Waals surface area contributed by atoms with Gasteiger partial charge in [0, 0.05) is 5.71 Å². The van der Waals surface area contributed by atoms with Gasteiger partial charge < -0.3 is 4.42 Å². The lowest BCUT2D eigenvalue weighted by atomic mass is 10.0. The van der Waals surface area contributed by atoms with Crippen LogP contribution < -0.4 is 0 Å². The van der Waals surface area contributed by atoms with Gasteiger partial charge in [-0.15, -0.1) is 0 Å². The first kappa shape index (κ1) is 15.9. The quantitative estimate of drug-likeness (QED) is 0.823. The van der Waals surface area contributed by atoms with Gasteiger partial charge in [-0.3, -0.25) is 9.79 Å². The first-order valence-corrected chi connectivity index (χ1v) is 7.83. The molecule has 0 N–H and O–H groups in total. The molecular formula is C16H13Cl2N3O2. The average molecular weight is 350 g/mol. The third kappa shape index (κ3) is 3.07. The second-order valence-electron chi connectivity index (χ2n) is 5.04. The van der Waals surface area contributed by atoms with E-state index < -0.39 is 0 Å². The molecule has 2 heterocycles. The lowest BCUT2D eigenvalue weighted by molar-refractivity contribution is -0.111. The summed E-state index contributed by atoms with van der Waals surface area (Å²) in [6.07, 6.45) is 2.54. The fourth-order valence-electron chi connectivity index (χ4n) is 2.29. The van der Waals surface area contributed by atoms with Crippen molar-refractivity contribution in [2.75, 3.05) is 0 Å². The van der Waals surface area contributed by atoms with Crippen LogP contribution in [0.5, 0.6) is 0 Å². The van der Waals surface area contributed by atoms with Gasteiger partial charge in [-0.1, -0.05) is 30.1 Å². The van der Waals surface area contributed by atoms with Crippen molar-refractivity contribution in [3.63, 3.8) is 0 Å². The van der Waals surface area contributed by atoms with E-state index in [1.165, 1.54) is 0 Å². The van der Waals surface area contributed by atoms with Gasteiger partial charge in [-0.2, -0.15) is 0 Å². The predicted octanol–water partition coefficient (Wildman–Crippen LogP) is 4.41. The first-order valence-electron chi connectivity index (χ1n) is 7.08. The third-order valence-corrected chi connectivity index (χ3v) is 4.12. The molecule has 0 atom stereocenters. The Labute approximate surface area is 142 Å². The minimum absolute atomic E-state index is 0.116. The Bertz CT molecular complexity index is 855. The molecule has 0 saturated heterocycles. The lowest BCUT2D eigenvalue weighted by Gasteiger charge is -2.09. The molecule has 1 amide bonds. The largest absolute Gasteiger partial charge is 0.437 e. The number of carbonyl (C=O) groups excluding carboxylic acids is 1. The zero-order chi connectivity index (χ0) is 16.6. The number of rotatable bonds is 3. The number of nitrogens with zero attached hydrogens (tertiary/aromatic N) is 3. The fourth-order valence-corrected chi connectivity index (χ4v) is 2.68. The summed E-state index contributed by atoms with van der Waals surface area (Å²) in [5, 5.41) is 0.882. The van der Waals surface area contributed by atoms with E-state index in [1.807, 2.05) is 13.8 Å². The summed E-state index contributed by atoms with van der Waals surface area (Å²) in [5.41, 5.74) is 2.93. The number of dihydropyridines is 1. The summed E-state index contributed by atoms with van der Waals surface area (Å²) in [6, 6.07) is 3.30. The Balaban J connectivity index is 1.91. The van der Waals surface area contributed by atoms with Crippen molar-refractivity contribution in [1.82, 2.24) is 4.98 Å². The van der Waals surface area contributed by atoms with Crippen LogP contribution in [0.25, 0.3) is 11.1 Å². The highest BCUT2D eigenvalue weighted by Crippen LogP contribution is 2.30. The number of hydrogen-bond acceptors (Lipinski definition) is 4. The molecule has 0 spiro atoms. The van der Waals surface area contributed by atoms with Gasteiger partial charge in [0.05, 0.1) is 10.0 Å². The maximum absolute atomic E-state index is 11.9. The Hall–Kier alpha value is -1.98. The first-order chi connectivity index (χ1) is 11.0. The molecule has 1 aliphatic heterocycles. The number of carbonyl (C=O) groups is 1. The molecule has 1 aromatic carbocycles. The van der Waals surface area contributed by atoms with Crippen molar-refractivity contribution < 1.29 is 9.21 Å². The molecule has 2 aromatic rings. The van der Waals surface area contributed by atoms with Crippen LogP contribution in [0.3, 0.4) is 0 Å². The number of halogens is 2. The highest BCUT2D eigenvalue weighted by atomic mass is 35.5. The number of allylic oxidation sites excluding steroid dienone is 1. The van der Waals surface area contributed by atoms with E-state index in [0.717, 1.165) is 17.7 Å². The number of fused-ring (bicyclic) bond motifs is 1. The van der Waals surface area contributed by atoms with Crippen molar-refractivity contribution in [3.05, 3.63) is 39.7 Å². The topological polar surface area (TPSA) is 67.8 Å². The number of benzene rings is 1. The van der Waals surface area contributed by atoms with E-state index in [0.29, 0.717) is 32.7 Å². The highest BCUT2D eigenvalue weighted by molar-refractivity contribution is 6.47. The number of aliphatic imine (C=N–C) groups is 2. The van der Waals surface area contributed by atoms with Gasteiger partial charge in [-0.05, 0) is 37.1 Å². The molecule has 1 aliphatic rings. The second kappa shape index (κ2) is 6.26. The SMILES string of the molecule is CCC1=CC(=NCc2nc3c(Cl)ccc(Cl)c3o2)C(=O)N=C1C. The van der Waals surface area contributed by atoms with Crippen LogP contribution in [-0.2, 0) is 11.3 Å². The molecule has 5 nitrogen and oxygen atoms in total. The van der Waals surface area contributed by atoms with E-state index in [9.17, 15) is 4.79 Å². The second-order valence-corrected chi connectivity index (χ2v) is 5.86. The molecule has 118 valence electrons. The third-order valence-electron chi connectivity index (χ3n) is 3.52. The Morgan fingerprint density at radius 1 is 1.26 bits per heavy atom. The smallest absolute Gasteiger partial charge is 0.295 e. The molecule has 0 aliphatic carbocycles. The minimum Gasteiger partial charge on any atom is -0.437 e. The molecule has 1 aromatic heterocycles. The summed E-state index contributed by atoms with van der Waals surface area (Å²) in [7, 11) is 0. The van der Waals surface area contributed by atoms with Crippen molar-refractivity contribution in [2.45, 2.75) is 26.8 Å². The summed E-state index contributed by atoms with van der Waals surface area (Å²) < 4.78 is 5.58. The number of oxazole rings is 1. The fraction of sp³-hybridized carbons (Fsp3) is 0.250. The highest BCUT2D eigenvalue weighted by Gasteiger charge is 2.17. The Morgan fingerprint density at radius 2 is 2.00 bits per heavy atom. The van der Waals surface area contributed by atoms with Gasteiger partial charge in [0.1, 0.15) is 17.8 Å². The predicted molar refractivity (Wildman–Crippen MR) is 91.7 cm³/mol. The van der Waals surface area contributed by atoms with Crippen LogP contribution in [0.1, 0.15) is 26.2 Å². The van der Waals surface area contributed by atoms with Gasteiger partial charge in [0.25, 0.3) is 5.91 Å². The standard InChI is InChI=1S/C16H13Cl2N3O2/c1-3-9-6-12(16(22)20-8(9)2)19-7-13-21-14-10(17)4-5-11(18)15(14)23-13/h4-6H,3,7H2,1-2H3. The van der Waals surface area contributed by atoms with Crippen LogP contribution in [0, 0.1) is 0 Å². The molecule has 3 rings (SSSR count). The Kier molecular flexibility index (Phi) is 4.33. The molecule has 0 fully saturated rings. The molecule has 7 heteroatoms. The summed E-state index contributed by atoms with van der Waals surface area (Å²) in [5.74, 6) is -0.0140. The van der Waals surface area contributed by atoms with E-state index in [2.05, 4.69) is 15.0 Å². The molecule has 23 heavy (non-hydrogen) atoms. The molecule has 0 bridgehead atoms. The van der Waals surface area contributed by atoms with Gasteiger partial charge in [0.2, 0.25) is 5.89 Å². The minimum atomic E-state index is -0.355. The van der Waals surface area contributed by atoms with Gasteiger partial charge >= 0.3 is 0 Å². The number of aromatic nitrogens is 1. The molecular weight excluding hydrogens is 337 g/mol. The zero-order valence-corrected chi connectivity index (χ0v) is 14.1. The Morgan fingerprint density at radius 3 is 2.70 bits per heavy atom. The van der Waals surface area contributed by atoms with E-state index in [-0.39, 0.29) is 12.5 Å². The maximum atomic E-state index is 11.9. The van der Waals surface area contributed by atoms with E-state index in [4.69, 9.17) is 27.6 Å². The van der Waals surface area contributed by atoms with Crippen molar-refractivity contribution in [2.24, 2.45) is 9.98 Å². The number of hydrogen-bond donors (Lipinski definition) is 0. The van der Waals surface area contributed by atoms with Gasteiger partial charge in [-0.25, -0.2) is 9.98 Å². The van der Waals surface area contributed by atoms with Crippen LogP contribution in [0.15, 0.2) is 38.2 Å². The monoisotopic (exact) mass is 349 g/mol. The molecule has 0 radical (unpaired) electrons. The van der Waals surface area contributed by atoms with Crippen molar-refractivity contribution >= 4 is 51.6 Å². The van der Waals surface area contributed by atoms with Crippen LogP contribution in [0.2, 0.25) is 10.0 Å². The normalized spacial score (nSPS) is 16.9. The summed E-state index contributed by atoms with van der Waals surface area (Å²) in [4.78, 5) is 24.4. The van der Waals surface area contributed by atoms with Gasteiger partial charge in [0.15, 0.2) is 5.58 Å². The summed E-state index contributed by atoms with van der Waals surface area (Å²) in [6.45, 7) is 3.93. The summed E-state index contributed by atoms with van der Waals surface area (Å²) >= 11 is 12.1. The molecule has 0 saturated carbocycles. The van der Waals surface area contributed by atoms with Crippen LogP contribution in [-0.4, -0.2) is 22.3 Å². The lowest BCUT2D eigenvalue weighted by Crippen LogP contribution is -2.18. The van der Waals surface area contributed by atoms with Crippen molar-refractivity contribution in [3.8, 4) is 0 Å². The number of amides is 1. The zero-order valence-electron chi connectivity index (χ0n) is 12.6. The maximum Gasteiger partial charge on any atom is 0.295 e. The average Bonchev–Trinajstić information content (AvgIpc) is 2.96. The van der Waals surface area contributed by atoms with Crippen LogP contribution >= 0.6 is 23.2 Å². The van der Waals surface area contributed by atoms with Crippen molar-refractivity contribution in [1.29, 1.82) is 0 Å².